The number of ketones is 1. The lowest BCUT2D eigenvalue weighted by atomic mass is 9.90. The van der Waals surface area contributed by atoms with Crippen LogP contribution in [0.4, 0.5) is 17.5 Å². The summed E-state index contributed by atoms with van der Waals surface area (Å²) in [6.07, 6.45) is 12.9. The quantitative estimate of drug-likeness (QED) is 0.152. The van der Waals surface area contributed by atoms with E-state index in [1.807, 2.05) is 12.3 Å². The van der Waals surface area contributed by atoms with Crippen LogP contribution in [-0.4, -0.2) is 98.8 Å². The minimum Gasteiger partial charge on any atom is -0.371 e. The number of aryl methyl sites for hydroxylation is 2. The Morgan fingerprint density at radius 3 is 2.29 bits per heavy atom. The number of nitrogens with zero attached hydrogens (tertiary/aromatic N) is 7. The number of rotatable bonds is 11. The molecule has 4 aromatic rings. The Morgan fingerprint density at radius 1 is 0.857 bits per heavy atom. The molecular weight excluding hydrogens is 707 g/mol. The van der Waals surface area contributed by atoms with E-state index in [0.717, 1.165) is 108 Å². The van der Waals surface area contributed by atoms with Crippen molar-refractivity contribution < 1.29 is 14.4 Å². The van der Waals surface area contributed by atoms with Crippen molar-refractivity contribution in [2.75, 3.05) is 56.0 Å². The fourth-order valence-corrected chi connectivity index (χ4v) is 9.35. The van der Waals surface area contributed by atoms with E-state index >= 15 is 0 Å². The number of fused-ring (bicyclic) bond motifs is 1. The van der Waals surface area contributed by atoms with Crippen molar-refractivity contribution in [3.8, 4) is 0 Å². The van der Waals surface area contributed by atoms with Crippen molar-refractivity contribution in [1.29, 1.82) is 0 Å². The van der Waals surface area contributed by atoms with Crippen LogP contribution in [0, 0.1) is 6.92 Å². The third-order valence-corrected chi connectivity index (χ3v) is 12.5. The number of amides is 2. The third kappa shape index (κ3) is 8.10. The van der Waals surface area contributed by atoms with Gasteiger partial charge < -0.3 is 15.1 Å². The average Bonchev–Trinajstić information content (AvgIpc) is 3.74. The van der Waals surface area contributed by atoms with E-state index in [1.54, 1.807) is 17.7 Å². The lowest BCUT2D eigenvalue weighted by Gasteiger charge is -2.43. The molecule has 6 heterocycles. The predicted molar refractivity (Wildman–Crippen MR) is 217 cm³/mol. The first kappa shape index (κ1) is 37.9. The van der Waals surface area contributed by atoms with Gasteiger partial charge in [-0.3, -0.25) is 34.0 Å². The first-order valence-electron chi connectivity index (χ1n) is 20.5. The van der Waals surface area contributed by atoms with Gasteiger partial charge in [-0.25, -0.2) is 9.97 Å². The molecule has 3 saturated heterocycles. The molecule has 294 valence electrons. The number of piperazine rings is 1. The molecule has 1 atom stereocenters. The number of carbonyl (C=O) groups excluding carboxylic acids is 3. The summed E-state index contributed by atoms with van der Waals surface area (Å²) in [4.78, 5) is 71.5. The van der Waals surface area contributed by atoms with Gasteiger partial charge in [0.2, 0.25) is 17.8 Å². The summed E-state index contributed by atoms with van der Waals surface area (Å²) < 4.78 is 1.73. The number of aromatic nitrogens is 4. The number of nitrogens with one attached hydrogen (secondary N) is 2. The highest BCUT2D eigenvalue weighted by atomic mass is 16.2. The minimum atomic E-state index is -0.255. The smallest absolute Gasteiger partial charge is 0.263 e. The Hall–Kier alpha value is -5.01. The molecule has 2 amide bonds. The van der Waals surface area contributed by atoms with Crippen LogP contribution in [-0.2, 0) is 16.0 Å². The molecular formula is C43H53N9O4. The fourth-order valence-electron chi connectivity index (χ4n) is 9.35. The molecule has 13 heteroatoms. The average molecular weight is 760 g/mol. The van der Waals surface area contributed by atoms with Crippen LogP contribution in [0.15, 0.2) is 53.6 Å². The molecule has 0 bridgehead atoms. The number of benzene rings is 1. The molecule has 4 aliphatic rings. The molecule has 1 aliphatic carbocycles. The number of Topliss-reactive ketones (excluding diaryl/α,β-unsaturated/α-hetero) is 1. The van der Waals surface area contributed by atoms with Gasteiger partial charge in [0, 0.05) is 81.2 Å². The van der Waals surface area contributed by atoms with Crippen molar-refractivity contribution in [3.63, 3.8) is 0 Å². The summed E-state index contributed by atoms with van der Waals surface area (Å²) in [5.41, 5.74) is 4.56. The van der Waals surface area contributed by atoms with Crippen LogP contribution in [0.5, 0.6) is 0 Å². The predicted octanol–water partition coefficient (Wildman–Crippen LogP) is 5.30. The largest absolute Gasteiger partial charge is 0.371 e. The van der Waals surface area contributed by atoms with Gasteiger partial charge in [0.05, 0.1) is 11.5 Å². The molecule has 2 N–H and O–H groups in total. The van der Waals surface area contributed by atoms with Crippen LogP contribution < -0.4 is 21.1 Å². The van der Waals surface area contributed by atoms with E-state index in [-0.39, 0.29) is 40.7 Å². The van der Waals surface area contributed by atoms with Gasteiger partial charge in [-0.05, 0) is 100 Å². The van der Waals surface area contributed by atoms with Gasteiger partial charge in [0.15, 0.2) is 5.78 Å². The first-order chi connectivity index (χ1) is 27.2. The standard InChI is InChI=1S/C43H53N9O4/c1-28-36-27-45-43(48-40(36)52(34-7-3-4-8-34)42(56)39(28)29(2)53)46-37-15-9-30(26-44-37)6-5-19-49-22-24-51(25-23-49)33-17-20-50(21-18-33)32-12-10-31(11-13-32)35-14-16-38(54)47-41(35)55/h9-13,15,26-27,33-35H,3-8,14,16-25H2,1-2H3,(H,47,54,55)(H,44,45,46,48). The summed E-state index contributed by atoms with van der Waals surface area (Å²) in [6, 6.07) is 13.1. The Labute approximate surface area is 327 Å². The molecule has 3 aliphatic heterocycles. The summed E-state index contributed by atoms with van der Waals surface area (Å²) in [7, 11) is 0. The van der Waals surface area contributed by atoms with E-state index < -0.39 is 0 Å². The Kier molecular flexibility index (Phi) is 11.2. The fraction of sp³-hybridized carbons (Fsp3) is 0.512. The number of imide groups is 1. The van der Waals surface area contributed by atoms with Crippen molar-refractivity contribution >= 4 is 46.1 Å². The van der Waals surface area contributed by atoms with Gasteiger partial charge >= 0.3 is 0 Å². The Morgan fingerprint density at radius 2 is 1.61 bits per heavy atom. The van der Waals surface area contributed by atoms with Crippen LogP contribution in [0.3, 0.4) is 0 Å². The number of anilines is 3. The van der Waals surface area contributed by atoms with Crippen molar-refractivity contribution in [2.24, 2.45) is 0 Å². The second kappa shape index (κ2) is 16.6. The van der Waals surface area contributed by atoms with Gasteiger partial charge in [0.25, 0.3) is 5.56 Å². The number of hydrogen-bond acceptors (Lipinski definition) is 11. The molecule has 8 rings (SSSR count). The van der Waals surface area contributed by atoms with E-state index in [4.69, 9.17) is 4.98 Å². The van der Waals surface area contributed by atoms with E-state index in [2.05, 4.69) is 65.6 Å². The topological polar surface area (TPSA) is 146 Å². The molecule has 1 unspecified atom stereocenters. The summed E-state index contributed by atoms with van der Waals surface area (Å²) in [6.45, 7) is 10.8. The summed E-state index contributed by atoms with van der Waals surface area (Å²) >= 11 is 0. The molecule has 0 spiro atoms. The summed E-state index contributed by atoms with van der Waals surface area (Å²) in [5.74, 6) is 0.196. The molecule has 56 heavy (non-hydrogen) atoms. The second-order valence-corrected chi connectivity index (χ2v) is 16.1. The number of carbonyl (C=O) groups is 3. The molecule has 1 saturated carbocycles. The van der Waals surface area contributed by atoms with Crippen molar-refractivity contribution in [3.05, 3.63) is 81.4 Å². The first-order valence-corrected chi connectivity index (χ1v) is 20.5. The minimum absolute atomic E-state index is 0.0317. The van der Waals surface area contributed by atoms with Crippen molar-refractivity contribution in [1.82, 2.24) is 34.6 Å². The van der Waals surface area contributed by atoms with Gasteiger partial charge in [-0.1, -0.05) is 31.0 Å². The highest BCUT2D eigenvalue weighted by Crippen LogP contribution is 2.33. The zero-order chi connectivity index (χ0) is 38.8. The van der Waals surface area contributed by atoms with Gasteiger partial charge in [0.1, 0.15) is 11.5 Å². The van der Waals surface area contributed by atoms with Crippen LogP contribution in [0.2, 0.25) is 0 Å². The molecule has 4 fully saturated rings. The van der Waals surface area contributed by atoms with E-state index in [0.29, 0.717) is 41.9 Å². The molecule has 3 aromatic heterocycles. The lowest BCUT2D eigenvalue weighted by Crippen LogP contribution is -2.53. The maximum Gasteiger partial charge on any atom is 0.263 e. The zero-order valence-electron chi connectivity index (χ0n) is 32.6. The monoisotopic (exact) mass is 759 g/mol. The van der Waals surface area contributed by atoms with Crippen LogP contribution >= 0.6 is 0 Å². The van der Waals surface area contributed by atoms with Crippen LogP contribution in [0.25, 0.3) is 11.0 Å². The Bertz CT molecular complexity index is 2130. The second-order valence-electron chi connectivity index (χ2n) is 16.1. The van der Waals surface area contributed by atoms with E-state index in [9.17, 15) is 19.2 Å². The SMILES string of the molecule is CC(=O)c1c(C)c2cnc(Nc3ccc(CCCN4CCN(C5CCN(c6ccc(C7CCC(=O)NC7=O)cc6)CC5)CC4)cn3)nc2n(C2CCCC2)c1=O. The maximum absolute atomic E-state index is 13.5. The highest BCUT2D eigenvalue weighted by molar-refractivity contribution is 6.01. The maximum atomic E-state index is 13.5. The van der Waals surface area contributed by atoms with Crippen molar-refractivity contribution in [2.45, 2.75) is 96.1 Å². The third-order valence-electron chi connectivity index (χ3n) is 12.5. The number of pyridine rings is 2. The summed E-state index contributed by atoms with van der Waals surface area (Å²) in [5, 5.41) is 6.43. The highest BCUT2D eigenvalue weighted by Gasteiger charge is 2.30. The molecule has 1 aromatic carbocycles. The van der Waals surface area contributed by atoms with Crippen LogP contribution in [0.1, 0.15) is 104 Å². The lowest BCUT2D eigenvalue weighted by molar-refractivity contribution is -0.134. The van der Waals surface area contributed by atoms with Gasteiger partial charge in [-0.2, -0.15) is 4.98 Å². The Balaban J connectivity index is 0.782. The van der Waals surface area contributed by atoms with Gasteiger partial charge in [-0.15, -0.1) is 0 Å². The molecule has 0 radical (unpaired) electrons. The normalized spacial score (nSPS) is 20.5. The zero-order valence-corrected chi connectivity index (χ0v) is 32.6. The number of hydrogen-bond donors (Lipinski definition) is 2. The molecule has 13 nitrogen and oxygen atoms in total. The number of piperidine rings is 2. The van der Waals surface area contributed by atoms with E-state index in [1.165, 1.54) is 18.2 Å².